The van der Waals surface area contributed by atoms with E-state index in [1.54, 1.807) is 6.33 Å². The van der Waals surface area contributed by atoms with E-state index in [1.165, 1.54) is 30.4 Å². The van der Waals surface area contributed by atoms with Crippen molar-refractivity contribution in [1.29, 1.82) is 0 Å². The fourth-order valence-corrected chi connectivity index (χ4v) is 5.02. The molecule has 0 radical (unpaired) electrons. The van der Waals surface area contributed by atoms with Crippen LogP contribution in [0.3, 0.4) is 0 Å². The Kier molecular flexibility index (Phi) is 7.28. The Hall–Kier alpha value is -2.34. The number of hydrogen-bond acceptors (Lipinski definition) is 4. The predicted molar refractivity (Wildman–Crippen MR) is 122 cm³/mol. The van der Waals surface area contributed by atoms with Crippen LogP contribution in [0.4, 0.5) is 0 Å². The van der Waals surface area contributed by atoms with Gasteiger partial charge in [-0.2, -0.15) is 0 Å². The topological polar surface area (TPSA) is 70.2 Å². The van der Waals surface area contributed by atoms with E-state index in [9.17, 15) is 4.79 Å². The Morgan fingerprint density at radius 1 is 1.29 bits per heavy atom. The van der Waals surface area contributed by atoms with E-state index >= 15 is 0 Å². The number of aryl methyl sites for hydroxylation is 2. The third-order valence-corrected chi connectivity index (χ3v) is 6.41. The molecule has 4 rings (SSSR count). The first kappa shape index (κ1) is 21.9. The first-order chi connectivity index (χ1) is 15.1. The minimum Gasteiger partial charge on any atom is -0.493 e. The van der Waals surface area contributed by atoms with E-state index in [0.29, 0.717) is 25.0 Å². The van der Waals surface area contributed by atoms with Crippen molar-refractivity contribution in [2.75, 3.05) is 32.8 Å². The smallest absolute Gasteiger partial charge is 0.224 e. The summed E-state index contributed by atoms with van der Waals surface area (Å²) in [6.45, 7) is 8.65. The van der Waals surface area contributed by atoms with Gasteiger partial charge < -0.3 is 19.9 Å². The molecule has 168 valence electrons. The molecular formula is C25H36N4O2. The summed E-state index contributed by atoms with van der Waals surface area (Å²) in [6.07, 6.45) is 8.76. The first-order valence-corrected chi connectivity index (χ1v) is 11.8. The van der Waals surface area contributed by atoms with Crippen molar-refractivity contribution < 1.29 is 9.53 Å². The number of piperidine rings is 1. The van der Waals surface area contributed by atoms with Gasteiger partial charge in [-0.05, 0) is 54.9 Å². The normalized spacial score (nSPS) is 21.3. The lowest BCUT2D eigenvalue weighted by molar-refractivity contribution is -0.127. The number of likely N-dealkylation sites (tertiary alicyclic amines) is 1. The highest BCUT2D eigenvalue weighted by Crippen LogP contribution is 2.28. The molecule has 1 amide bonds. The summed E-state index contributed by atoms with van der Waals surface area (Å²) in [6, 6.07) is 6.55. The number of fused-ring (bicyclic) bond motifs is 1. The lowest BCUT2D eigenvalue weighted by Gasteiger charge is -2.38. The maximum Gasteiger partial charge on any atom is 0.224 e. The largest absolute Gasteiger partial charge is 0.493 e. The Bertz CT molecular complexity index is 849. The number of aromatic amines is 1. The molecular weight excluding hydrogens is 388 g/mol. The zero-order valence-electron chi connectivity index (χ0n) is 18.9. The van der Waals surface area contributed by atoms with Gasteiger partial charge in [-0.15, -0.1) is 0 Å². The van der Waals surface area contributed by atoms with Crippen molar-refractivity contribution >= 4 is 5.91 Å². The summed E-state index contributed by atoms with van der Waals surface area (Å²) in [4.78, 5) is 22.5. The fraction of sp³-hybridized carbons (Fsp3) is 0.600. The summed E-state index contributed by atoms with van der Waals surface area (Å²) in [5.74, 6) is 2.10. The lowest BCUT2D eigenvalue weighted by atomic mass is 9.88. The molecule has 6 heteroatoms. The average molecular weight is 425 g/mol. The molecule has 31 heavy (non-hydrogen) atoms. The van der Waals surface area contributed by atoms with Crippen LogP contribution in [0.25, 0.3) is 0 Å². The number of carbonyl (C=O) groups excluding carboxylic acids is 1. The third kappa shape index (κ3) is 6.10. The van der Waals surface area contributed by atoms with Gasteiger partial charge in [0, 0.05) is 50.4 Å². The Morgan fingerprint density at radius 2 is 2.16 bits per heavy atom. The number of hydrogen-bond donors (Lipinski definition) is 2. The zero-order chi connectivity index (χ0) is 21.6. The van der Waals surface area contributed by atoms with Gasteiger partial charge in [0.1, 0.15) is 5.75 Å². The number of nitrogens with one attached hydrogen (secondary N) is 2. The number of nitrogens with zero attached hydrogens (tertiary/aromatic N) is 2. The summed E-state index contributed by atoms with van der Waals surface area (Å²) in [5, 5.41) is 3.13. The summed E-state index contributed by atoms with van der Waals surface area (Å²) >= 11 is 0. The van der Waals surface area contributed by atoms with Crippen LogP contribution < -0.4 is 10.1 Å². The van der Waals surface area contributed by atoms with Crippen molar-refractivity contribution in [3.63, 3.8) is 0 Å². The number of amides is 1. The van der Waals surface area contributed by atoms with Gasteiger partial charge in [0.05, 0.1) is 18.9 Å². The Balaban J connectivity index is 1.32. The number of ether oxygens (including phenoxy) is 1. The summed E-state index contributed by atoms with van der Waals surface area (Å²) in [5.41, 5.74) is 3.96. The van der Waals surface area contributed by atoms with Gasteiger partial charge in [-0.1, -0.05) is 19.9 Å². The predicted octanol–water partition coefficient (Wildman–Crippen LogP) is 3.23. The van der Waals surface area contributed by atoms with E-state index < -0.39 is 0 Å². The highest BCUT2D eigenvalue weighted by Gasteiger charge is 2.32. The number of carbonyl (C=O) groups is 1. The van der Waals surface area contributed by atoms with Crippen molar-refractivity contribution in [2.45, 2.75) is 46.0 Å². The van der Waals surface area contributed by atoms with E-state index in [4.69, 9.17) is 4.74 Å². The second-order valence-corrected chi connectivity index (χ2v) is 9.62. The molecule has 0 unspecified atom stereocenters. The minimum atomic E-state index is 0.0166. The molecule has 2 aromatic rings. The lowest BCUT2D eigenvalue weighted by Crippen LogP contribution is -2.48. The van der Waals surface area contributed by atoms with Crippen LogP contribution in [0.15, 0.2) is 30.7 Å². The second-order valence-electron chi connectivity index (χ2n) is 9.62. The van der Waals surface area contributed by atoms with E-state index in [1.807, 2.05) is 6.20 Å². The van der Waals surface area contributed by atoms with E-state index in [0.717, 1.165) is 43.9 Å². The molecule has 1 aliphatic heterocycles. The maximum atomic E-state index is 12.9. The Labute approximate surface area is 185 Å². The van der Waals surface area contributed by atoms with Crippen LogP contribution in [-0.2, 0) is 24.1 Å². The number of imidazole rings is 1. The molecule has 2 heterocycles. The van der Waals surface area contributed by atoms with Crippen molar-refractivity contribution in [3.8, 4) is 5.75 Å². The van der Waals surface area contributed by atoms with Gasteiger partial charge in [0.25, 0.3) is 0 Å². The van der Waals surface area contributed by atoms with Gasteiger partial charge in [0.15, 0.2) is 0 Å². The van der Waals surface area contributed by atoms with Gasteiger partial charge >= 0.3 is 0 Å². The first-order valence-electron chi connectivity index (χ1n) is 11.8. The quantitative estimate of drug-likeness (QED) is 0.648. The molecule has 1 saturated heterocycles. The maximum absolute atomic E-state index is 12.9. The highest BCUT2D eigenvalue weighted by atomic mass is 16.5. The molecule has 2 aliphatic rings. The average Bonchev–Trinajstić information content (AvgIpc) is 3.43. The summed E-state index contributed by atoms with van der Waals surface area (Å²) < 4.78 is 6.21. The third-order valence-electron chi connectivity index (χ3n) is 6.41. The highest BCUT2D eigenvalue weighted by molar-refractivity contribution is 5.79. The van der Waals surface area contributed by atoms with Gasteiger partial charge in [-0.3, -0.25) is 4.79 Å². The van der Waals surface area contributed by atoms with E-state index in [2.05, 4.69) is 52.2 Å². The molecule has 0 spiro atoms. The van der Waals surface area contributed by atoms with Crippen LogP contribution in [0.5, 0.6) is 5.75 Å². The van der Waals surface area contributed by atoms with Gasteiger partial charge in [-0.25, -0.2) is 4.98 Å². The van der Waals surface area contributed by atoms with Crippen LogP contribution >= 0.6 is 0 Å². The second kappa shape index (κ2) is 10.3. The molecule has 0 bridgehead atoms. The van der Waals surface area contributed by atoms with Crippen LogP contribution in [0.2, 0.25) is 0 Å². The monoisotopic (exact) mass is 424 g/mol. The molecule has 1 fully saturated rings. The molecule has 2 atom stereocenters. The molecule has 2 N–H and O–H groups in total. The van der Waals surface area contributed by atoms with Crippen molar-refractivity contribution in [2.24, 2.45) is 17.8 Å². The number of H-pyrrole nitrogens is 1. The van der Waals surface area contributed by atoms with Crippen LogP contribution in [0, 0.1) is 17.8 Å². The summed E-state index contributed by atoms with van der Waals surface area (Å²) in [7, 11) is 0. The number of rotatable bonds is 9. The molecule has 6 nitrogen and oxygen atoms in total. The molecule has 1 aliphatic carbocycles. The minimum absolute atomic E-state index is 0.0166. The molecule has 0 saturated carbocycles. The number of aromatic nitrogens is 2. The van der Waals surface area contributed by atoms with Crippen LogP contribution in [-0.4, -0.2) is 53.6 Å². The Morgan fingerprint density at radius 3 is 2.97 bits per heavy atom. The number of benzene rings is 1. The SMILES string of the molecule is CC(C)CN1C[C@@H](COc2ccc3c(c2)CCC3)C[C@@H](C(=O)NCCc2cnc[nH]2)C1. The van der Waals surface area contributed by atoms with Crippen LogP contribution in [0.1, 0.15) is 43.5 Å². The zero-order valence-corrected chi connectivity index (χ0v) is 18.9. The van der Waals surface area contributed by atoms with Gasteiger partial charge in [0.2, 0.25) is 5.91 Å². The molecule has 1 aromatic heterocycles. The van der Waals surface area contributed by atoms with E-state index in [-0.39, 0.29) is 11.8 Å². The van der Waals surface area contributed by atoms with Crippen molar-refractivity contribution in [1.82, 2.24) is 20.2 Å². The van der Waals surface area contributed by atoms with Crippen molar-refractivity contribution in [3.05, 3.63) is 47.5 Å². The fourth-order valence-electron chi connectivity index (χ4n) is 5.02. The molecule has 1 aromatic carbocycles. The standard InChI is InChI=1S/C25H36N4O2/c1-18(2)13-29-14-19(16-31-24-7-6-20-4-3-5-21(20)11-24)10-22(15-29)25(30)27-9-8-23-12-26-17-28-23/h6-7,11-12,17-19,22H,3-5,8-10,13-16H2,1-2H3,(H,26,28)(H,27,30)/t19-,22+/m0/s1.